The van der Waals surface area contributed by atoms with Crippen molar-refractivity contribution in [2.45, 2.75) is 141 Å². The molecule has 420 valence electrons. The largest absolute Gasteiger partial charge is 0.507 e. The number of amides is 2. The van der Waals surface area contributed by atoms with Gasteiger partial charge in [-0.25, -0.2) is 9.97 Å². The van der Waals surface area contributed by atoms with E-state index >= 15 is 0 Å². The highest BCUT2D eigenvalue weighted by Crippen LogP contribution is 2.39. The van der Waals surface area contributed by atoms with Gasteiger partial charge in [-0.1, -0.05) is 62.3 Å². The first-order chi connectivity index (χ1) is 38.2. The van der Waals surface area contributed by atoms with Crippen LogP contribution in [0.3, 0.4) is 0 Å². The molecule has 4 aromatic heterocycles. The standard InChI is InChI=1S/C60H78N12O6S/c1-36(2)56(60(76)72-32-45(73)28-52(72)59(75)64-38(4)42-10-12-43(13-11-42)57-39(5)63-35-79-57)54-30-55(67-78-54)70-22-14-40(15-23-70)31-68-20-18-46(19-21-68)77-47-26-44(27-47)69-24-16-41(17-25-69)37(3)50-33-71(34-62-50)51-29-49(65-66-58(51)61)48-8-6-7-9-53(48)74/h6-13,29-30,33-38,40-41,44-47,52,56,73-74H,14-28,31-32H2,1-5H3,(H2,61,66)(H,64,75)/t37?,38-,44?,45+,47?,52-,56+/m0/s1. The van der Waals surface area contributed by atoms with Crippen molar-refractivity contribution in [3.8, 4) is 33.1 Å². The van der Waals surface area contributed by atoms with E-state index in [-0.39, 0.29) is 42.5 Å². The van der Waals surface area contributed by atoms with Gasteiger partial charge < -0.3 is 54.7 Å². The summed E-state index contributed by atoms with van der Waals surface area (Å²) in [5.74, 6) is 1.90. The molecule has 1 aliphatic carbocycles. The average molecular weight is 1100 g/mol. The summed E-state index contributed by atoms with van der Waals surface area (Å²) in [6.45, 7) is 17.5. The lowest BCUT2D eigenvalue weighted by molar-refractivity contribution is -0.141. The highest BCUT2D eigenvalue weighted by Gasteiger charge is 2.44. The van der Waals surface area contributed by atoms with Gasteiger partial charge in [-0.05, 0) is 125 Å². The van der Waals surface area contributed by atoms with Gasteiger partial charge in [-0.3, -0.25) is 9.59 Å². The van der Waals surface area contributed by atoms with Gasteiger partial charge in [0.25, 0.3) is 0 Å². The molecule has 5 aliphatic rings. The van der Waals surface area contributed by atoms with Crippen LogP contribution in [-0.2, 0) is 14.3 Å². The number of rotatable bonds is 17. The lowest BCUT2D eigenvalue weighted by Gasteiger charge is -2.47. The number of imidazole rings is 1. The van der Waals surface area contributed by atoms with Crippen LogP contribution < -0.4 is 16.0 Å². The van der Waals surface area contributed by atoms with Crippen molar-refractivity contribution in [2.75, 3.05) is 63.0 Å². The molecule has 1 saturated carbocycles. The molecule has 19 heteroatoms. The fourth-order valence-corrected chi connectivity index (χ4v) is 13.8. The number of ether oxygens (including phenoxy) is 1. The number of nitrogens with zero attached hydrogens (tertiary/aromatic N) is 10. The van der Waals surface area contributed by atoms with Gasteiger partial charge >= 0.3 is 0 Å². The lowest BCUT2D eigenvalue weighted by atomic mass is 9.81. The number of piperidine rings is 3. The number of aliphatic hydroxyl groups is 1. The first kappa shape index (κ1) is 54.7. The van der Waals surface area contributed by atoms with Crippen LogP contribution in [0.5, 0.6) is 5.75 Å². The number of thiazole rings is 1. The lowest BCUT2D eigenvalue weighted by Crippen LogP contribution is -2.52. The number of nitrogens with two attached hydrogens (primary N) is 1. The molecule has 2 aromatic carbocycles. The predicted molar refractivity (Wildman–Crippen MR) is 305 cm³/mol. The molecule has 6 aromatic rings. The van der Waals surface area contributed by atoms with Crippen LogP contribution >= 0.6 is 11.3 Å². The van der Waals surface area contributed by atoms with Gasteiger partial charge in [0.2, 0.25) is 11.8 Å². The number of carbonyl (C=O) groups is 2. The number of aryl methyl sites for hydroxylation is 1. The third-order valence-electron chi connectivity index (χ3n) is 18.0. The highest BCUT2D eigenvalue weighted by atomic mass is 32.1. The zero-order chi connectivity index (χ0) is 54.9. The van der Waals surface area contributed by atoms with E-state index < -0.39 is 18.1 Å². The van der Waals surface area contributed by atoms with E-state index in [2.05, 4.69) is 53.5 Å². The molecule has 5 N–H and O–H groups in total. The Balaban J connectivity index is 0.586. The minimum Gasteiger partial charge on any atom is -0.507 e. The number of aliphatic hydroxyl groups excluding tert-OH is 1. The van der Waals surface area contributed by atoms with Crippen molar-refractivity contribution in [2.24, 2.45) is 17.8 Å². The Labute approximate surface area is 467 Å². The number of hydrogen-bond donors (Lipinski definition) is 4. The van der Waals surface area contributed by atoms with E-state index in [0.717, 1.165) is 130 Å². The summed E-state index contributed by atoms with van der Waals surface area (Å²) in [4.78, 5) is 47.7. The highest BCUT2D eigenvalue weighted by molar-refractivity contribution is 7.13. The van der Waals surface area contributed by atoms with Crippen molar-refractivity contribution >= 4 is 34.8 Å². The van der Waals surface area contributed by atoms with Crippen molar-refractivity contribution in [1.82, 2.24) is 49.9 Å². The quantitative estimate of drug-likeness (QED) is 0.0675. The summed E-state index contributed by atoms with van der Waals surface area (Å²) in [6, 6.07) is 18.5. The molecule has 0 radical (unpaired) electrons. The maximum absolute atomic E-state index is 14.4. The first-order valence-corrected chi connectivity index (χ1v) is 29.7. The van der Waals surface area contributed by atoms with Crippen molar-refractivity contribution in [1.29, 1.82) is 0 Å². The van der Waals surface area contributed by atoms with E-state index in [0.29, 0.717) is 64.5 Å². The monoisotopic (exact) mass is 1090 g/mol. The van der Waals surface area contributed by atoms with Crippen molar-refractivity contribution in [3.63, 3.8) is 0 Å². The minimum atomic E-state index is -0.797. The second-order valence-electron chi connectivity index (χ2n) is 23.5. The summed E-state index contributed by atoms with van der Waals surface area (Å²) in [7, 11) is 0. The molecule has 5 fully saturated rings. The van der Waals surface area contributed by atoms with Gasteiger partial charge in [-0.15, -0.1) is 21.5 Å². The second-order valence-corrected chi connectivity index (χ2v) is 24.4. The van der Waals surface area contributed by atoms with Crippen LogP contribution in [0.15, 0.2) is 83.2 Å². The molecule has 0 spiro atoms. The van der Waals surface area contributed by atoms with Gasteiger partial charge in [0.1, 0.15) is 17.7 Å². The number of β-amino-alcohol motifs (C(OH)–C–C–N with tert-alkyl or cyclic N) is 1. The second kappa shape index (κ2) is 23.8. The van der Waals surface area contributed by atoms with E-state index in [1.165, 1.54) is 0 Å². The van der Waals surface area contributed by atoms with Crippen LogP contribution in [0.25, 0.3) is 27.4 Å². The van der Waals surface area contributed by atoms with Crippen LogP contribution in [-0.4, -0.2) is 149 Å². The molecule has 5 atom stereocenters. The Morgan fingerprint density at radius 3 is 2.34 bits per heavy atom. The van der Waals surface area contributed by atoms with Crippen LogP contribution in [0.1, 0.15) is 126 Å². The number of carbonyl (C=O) groups excluding carboxylic acids is 2. The molecule has 4 saturated heterocycles. The minimum absolute atomic E-state index is 0.0904. The number of hydrogen-bond acceptors (Lipinski definition) is 16. The summed E-state index contributed by atoms with van der Waals surface area (Å²) >= 11 is 1.60. The third kappa shape index (κ3) is 12.1. The Bertz CT molecular complexity index is 3020. The summed E-state index contributed by atoms with van der Waals surface area (Å²) in [5.41, 5.74) is 14.0. The Kier molecular flexibility index (Phi) is 16.5. The Morgan fingerprint density at radius 2 is 1.63 bits per heavy atom. The first-order valence-electron chi connectivity index (χ1n) is 28.8. The summed E-state index contributed by atoms with van der Waals surface area (Å²) in [6.07, 6.45) is 12.8. The fourth-order valence-electron chi connectivity index (χ4n) is 13.0. The SMILES string of the molecule is Cc1ncsc1-c1ccc([C@H](C)NC(=O)[C@@H]2C[C@@H](O)CN2C(=O)[C@@H](c2cc(N3CCC(CN4CCC(OC5CC(N6CCC(C(C)c7cn(-c8cc(-c9ccccc9O)nnc8N)cn7)CC6)C5)CC4)CC3)no2)C(C)C)cc1. The Hall–Kier alpha value is -6.25. The van der Waals surface area contributed by atoms with Gasteiger partial charge in [-0.2, -0.15) is 0 Å². The van der Waals surface area contributed by atoms with Crippen molar-refractivity contribution in [3.05, 3.63) is 101 Å². The van der Waals surface area contributed by atoms with Crippen LogP contribution in [0.2, 0.25) is 0 Å². The van der Waals surface area contributed by atoms with E-state index in [1.54, 1.807) is 34.7 Å². The third-order valence-corrected chi connectivity index (χ3v) is 18.9. The molecular formula is C60H78N12O6S. The Morgan fingerprint density at radius 1 is 0.886 bits per heavy atom. The summed E-state index contributed by atoms with van der Waals surface area (Å²) in [5, 5.41) is 37.2. The molecule has 4 aliphatic heterocycles. The van der Waals surface area contributed by atoms with Gasteiger partial charge in [0.15, 0.2) is 17.4 Å². The number of aromatic hydroxyl groups is 1. The predicted octanol–water partition coefficient (Wildman–Crippen LogP) is 8.36. The average Bonchev–Trinajstić information content (AvgIpc) is 4.36. The number of anilines is 2. The number of aromatic nitrogens is 6. The van der Waals surface area contributed by atoms with Crippen LogP contribution in [0.4, 0.5) is 11.6 Å². The number of benzene rings is 2. The molecule has 18 nitrogen and oxygen atoms in total. The van der Waals surface area contributed by atoms with Crippen LogP contribution in [0, 0.1) is 24.7 Å². The topological polar surface area (TPSA) is 217 Å². The number of nitrogens with one attached hydrogen (secondary N) is 1. The smallest absolute Gasteiger partial charge is 0.243 e. The normalized spacial score (nSPS) is 23.2. The zero-order valence-corrected chi connectivity index (χ0v) is 47.2. The zero-order valence-electron chi connectivity index (χ0n) is 46.4. The van der Waals surface area contributed by atoms with Gasteiger partial charge in [0, 0.05) is 75.5 Å². The fraction of sp³-hybridized carbons (Fsp3) is 0.550. The van der Waals surface area contributed by atoms with Crippen molar-refractivity contribution < 1.29 is 29.1 Å². The molecule has 1 unspecified atom stereocenters. The molecule has 79 heavy (non-hydrogen) atoms. The summed E-state index contributed by atoms with van der Waals surface area (Å²) < 4.78 is 14.6. The molecule has 2 amide bonds. The molecule has 8 heterocycles. The number of para-hydroxylation sites is 1. The number of likely N-dealkylation sites (tertiary alicyclic amines) is 3. The van der Waals surface area contributed by atoms with E-state index in [4.69, 9.17) is 20.0 Å². The maximum Gasteiger partial charge on any atom is 0.243 e. The van der Waals surface area contributed by atoms with E-state index in [1.807, 2.05) is 86.3 Å². The number of nitrogen functional groups attached to an aromatic ring is 1. The number of phenolic OH excluding ortho intramolecular Hbond substituents is 1. The molecule has 0 bridgehead atoms. The molecular weight excluding hydrogens is 1020 g/mol. The molecule has 11 rings (SSSR count). The number of phenols is 1. The van der Waals surface area contributed by atoms with Gasteiger partial charge in [0.05, 0.1) is 63.8 Å². The van der Waals surface area contributed by atoms with E-state index in [9.17, 15) is 19.8 Å². The maximum atomic E-state index is 14.4.